The first-order valence-corrected chi connectivity index (χ1v) is 10.3. The molecule has 2 aromatic rings. The van der Waals surface area contributed by atoms with E-state index in [1.165, 1.54) is 0 Å². The predicted octanol–water partition coefficient (Wildman–Crippen LogP) is 2.67. The van der Waals surface area contributed by atoms with E-state index in [0.717, 1.165) is 24.5 Å². The molecule has 7 heteroatoms. The highest BCUT2D eigenvalue weighted by atomic mass is 16.3. The second kappa shape index (κ2) is 7.65. The summed E-state index contributed by atoms with van der Waals surface area (Å²) in [6, 6.07) is 14.4. The molecule has 2 N–H and O–H groups in total. The van der Waals surface area contributed by atoms with Crippen LogP contribution in [-0.2, 0) is 9.59 Å². The molecule has 0 unspecified atom stereocenters. The molecule has 0 saturated carbocycles. The third-order valence-electron chi connectivity index (χ3n) is 6.17. The molecular weight excluding hydrogens is 380 g/mol. The zero-order valence-corrected chi connectivity index (χ0v) is 17.6. The van der Waals surface area contributed by atoms with Crippen molar-refractivity contribution in [3.8, 4) is 5.75 Å². The van der Waals surface area contributed by atoms with E-state index in [0.29, 0.717) is 18.8 Å². The Balaban J connectivity index is 1.52. The number of anilines is 3. The Hall–Kier alpha value is -3.06. The lowest BCUT2D eigenvalue weighted by molar-refractivity contribution is -0.129. The highest BCUT2D eigenvalue weighted by Gasteiger charge is 2.45. The summed E-state index contributed by atoms with van der Waals surface area (Å²) in [5, 5.41) is 13.0. The lowest BCUT2D eigenvalue weighted by atomic mass is 9.95. The summed E-state index contributed by atoms with van der Waals surface area (Å²) in [5.41, 5.74) is 1.23. The number of benzene rings is 2. The van der Waals surface area contributed by atoms with Crippen molar-refractivity contribution < 1.29 is 14.7 Å². The average molecular weight is 409 g/mol. The van der Waals surface area contributed by atoms with E-state index >= 15 is 0 Å². The molecule has 2 heterocycles. The Morgan fingerprint density at radius 1 is 1.00 bits per heavy atom. The predicted molar refractivity (Wildman–Crippen MR) is 118 cm³/mol. The average Bonchev–Trinajstić information content (AvgIpc) is 2.74. The maximum absolute atomic E-state index is 13.6. The van der Waals surface area contributed by atoms with Crippen LogP contribution in [0.25, 0.3) is 0 Å². The number of hydrogen-bond acceptors (Lipinski definition) is 5. The molecule has 1 fully saturated rings. The van der Waals surface area contributed by atoms with E-state index in [9.17, 15) is 14.7 Å². The van der Waals surface area contributed by atoms with Crippen molar-refractivity contribution in [3.63, 3.8) is 0 Å². The Morgan fingerprint density at radius 3 is 2.27 bits per heavy atom. The number of phenols is 1. The normalized spacial score (nSPS) is 19.8. The van der Waals surface area contributed by atoms with Gasteiger partial charge >= 0.3 is 0 Å². The number of amides is 2. The Labute approximate surface area is 176 Å². The summed E-state index contributed by atoms with van der Waals surface area (Å²) in [7, 11) is 0. The molecule has 0 radical (unpaired) electrons. The van der Waals surface area contributed by atoms with Gasteiger partial charge in [0.1, 0.15) is 11.3 Å². The first-order valence-electron chi connectivity index (χ1n) is 10.3. The number of piperazine rings is 1. The maximum Gasteiger partial charge on any atom is 0.250 e. The van der Waals surface area contributed by atoms with E-state index in [4.69, 9.17) is 0 Å². The third-order valence-corrected chi connectivity index (χ3v) is 6.17. The van der Waals surface area contributed by atoms with E-state index < -0.39 is 5.54 Å². The molecule has 2 aromatic carbocycles. The van der Waals surface area contributed by atoms with Crippen LogP contribution >= 0.6 is 0 Å². The van der Waals surface area contributed by atoms with Crippen molar-refractivity contribution in [2.45, 2.75) is 32.4 Å². The number of nitrogens with zero attached hydrogens (tertiary/aromatic N) is 3. The zero-order valence-electron chi connectivity index (χ0n) is 17.6. The van der Waals surface area contributed by atoms with Crippen LogP contribution in [0, 0.1) is 0 Å². The SMILES string of the molecule is C[C@H](C(=O)N1c2ccccc2NC(=O)C1(C)C)N1CCN(c2ccccc2O)CC1. The lowest BCUT2D eigenvalue weighted by Gasteiger charge is -2.45. The molecule has 0 spiro atoms. The molecule has 4 rings (SSSR count). The quantitative estimate of drug-likeness (QED) is 0.817. The van der Waals surface area contributed by atoms with Gasteiger partial charge in [0, 0.05) is 26.2 Å². The van der Waals surface area contributed by atoms with Crippen LogP contribution in [0.15, 0.2) is 48.5 Å². The molecule has 158 valence electrons. The molecule has 0 aliphatic carbocycles. The van der Waals surface area contributed by atoms with Gasteiger partial charge in [0.25, 0.3) is 0 Å². The van der Waals surface area contributed by atoms with E-state index in [1.54, 1.807) is 24.8 Å². The van der Waals surface area contributed by atoms with E-state index in [-0.39, 0.29) is 23.6 Å². The van der Waals surface area contributed by atoms with Crippen LogP contribution in [0.2, 0.25) is 0 Å². The highest BCUT2D eigenvalue weighted by Crippen LogP contribution is 2.37. The van der Waals surface area contributed by atoms with Crippen LogP contribution in [-0.4, -0.2) is 59.6 Å². The van der Waals surface area contributed by atoms with Gasteiger partial charge in [0.2, 0.25) is 11.8 Å². The Bertz CT molecular complexity index is 966. The van der Waals surface area contributed by atoms with Gasteiger partial charge in [-0.2, -0.15) is 0 Å². The minimum Gasteiger partial charge on any atom is -0.506 e. The fourth-order valence-electron chi connectivity index (χ4n) is 4.27. The number of carbonyl (C=O) groups is 2. The molecule has 1 atom stereocenters. The first-order chi connectivity index (χ1) is 14.3. The minimum atomic E-state index is -0.975. The van der Waals surface area contributed by atoms with Gasteiger partial charge < -0.3 is 15.3 Å². The van der Waals surface area contributed by atoms with Crippen molar-refractivity contribution in [2.24, 2.45) is 0 Å². The molecule has 30 heavy (non-hydrogen) atoms. The van der Waals surface area contributed by atoms with Gasteiger partial charge in [-0.3, -0.25) is 19.4 Å². The number of hydrogen-bond donors (Lipinski definition) is 2. The lowest BCUT2D eigenvalue weighted by Crippen LogP contribution is -2.63. The summed E-state index contributed by atoms with van der Waals surface area (Å²) >= 11 is 0. The van der Waals surface area contributed by atoms with Gasteiger partial charge in [-0.05, 0) is 45.0 Å². The molecular formula is C23H28N4O3. The molecule has 1 saturated heterocycles. The summed E-state index contributed by atoms with van der Waals surface area (Å²) < 4.78 is 0. The number of nitrogens with one attached hydrogen (secondary N) is 1. The van der Waals surface area contributed by atoms with Gasteiger partial charge in [-0.15, -0.1) is 0 Å². The topological polar surface area (TPSA) is 76.1 Å². The van der Waals surface area contributed by atoms with Crippen LogP contribution in [0.5, 0.6) is 5.75 Å². The second-order valence-electron chi connectivity index (χ2n) is 8.39. The van der Waals surface area contributed by atoms with Crippen molar-refractivity contribution in [3.05, 3.63) is 48.5 Å². The van der Waals surface area contributed by atoms with Crippen molar-refractivity contribution >= 4 is 28.9 Å². The number of fused-ring (bicyclic) bond motifs is 1. The summed E-state index contributed by atoms with van der Waals surface area (Å²) in [6.45, 7) is 8.29. The molecule has 2 aliphatic rings. The second-order valence-corrected chi connectivity index (χ2v) is 8.39. The van der Waals surface area contributed by atoms with Crippen LogP contribution < -0.4 is 15.1 Å². The standard InChI is InChI=1S/C23H28N4O3/c1-16(25-12-14-26(15-13-25)19-10-6-7-11-20(19)28)21(29)27-18-9-5-4-8-17(18)24-22(30)23(27,2)3/h4-11,16,28H,12-15H2,1-3H3,(H,24,30)/t16-/m1/s1. The summed E-state index contributed by atoms with van der Waals surface area (Å²) in [5.74, 6) is -0.00260. The number of para-hydroxylation sites is 4. The minimum absolute atomic E-state index is 0.0849. The van der Waals surface area contributed by atoms with Gasteiger partial charge in [-0.1, -0.05) is 24.3 Å². The monoisotopic (exact) mass is 408 g/mol. The third kappa shape index (κ3) is 3.39. The highest BCUT2D eigenvalue weighted by molar-refractivity contribution is 6.15. The first kappa shape index (κ1) is 20.2. The number of carbonyl (C=O) groups excluding carboxylic acids is 2. The fourth-order valence-corrected chi connectivity index (χ4v) is 4.27. The zero-order chi connectivity index (χ0) is 21.5. The smallest absolute Gasteiger partial charge is 0.250 e. The molecule has 0 bridgehead atoms. The van der Waals surface area contributed by atoms with Gasteiger partial charge in [-0.25, -0.2) is 0 Å². The largest absolute Gasteiger partial charge is 0.506 e. The molecule has 7 nitrogen and oxygen atoms in total. The van der Waals surface area contributed by atoms with Crippen molar-refractivity contribution in [2.75, 3.05) is 41.3 Å². The molecule has 2 aliphatic heterocycles. The van der Waals surface area contributed by atoms with Crippen LogP contribution in [0.1, 0.15) is 20.8 Å². The number of aromatic hydroxyl groups is 1. The molecule has 0 aromatic heterocycles. The van der Waals surface area contributed by atoms with Gasteiger partial charge in [0.05, 0.1) is 23.1 Å². The Kier molecular flexibility index (Phi) is 5.15. The number of phenolic OH excluding ortho intramolecular Hbond substituents is 1. The van der Waals surface area contributed by atoms with E-state index in [1.807, 2.05) is 49.4 Å². The van der Waals surface area contributed by atoms with Crippen LogP contribution in [0.4, 0.5) is 17.1 Å². The Morgan fingerprint density at radius 2 is 1.60 bits per heavy atom. The number of rotatable bonds is 3. The van der Waals surface area contributed by atoms with Crippen LogP contribution in [0.3, 0.4) is 0 Å². The maximum atomic E-state index is 13.6. The molecule has 2 amide bonds. The van der Waals surface area contributed by atoms with Crippen molar-refractivity contribution in [1.29, 1.82) is 0 Å². The fraction of sp³-hybridized carbons (Fsp3) is 0.391. The van der Waals surface area contributed by atoms with Gasteiger partial charge in [0.15, 0.2) is 0 Å². The van der Waals surface area contributed by atoms with Crippen molar-refractivity contribution in [1.82, 2.24) is 4.90 Å². The summed E-state index contributed by atoms with van der Waals surface area (Å²) in [6.07, 6.45) is 0. The van der Waals surface area contributed by atoms with E-state index in [2.05, 4.69) is 15.1 Å². The summed E-state index contributed by atoms with van der Waals surface area (Å²) in [4.78, 5) is 32.2.